The number of hydrogen-bond acceptors (Lipinski definition) is 2. The number of rotatable bonds is 2. The molecule has 0 amide bonds. The van der Waals surface area contributed by atoms with Crippen molar-refractivity contribution in [2.45, 2.75) is 6.17 Å². The highest BCUT2D eigenvalue weighted by atomic mass is 15.1. The number of nitrogens with two attached hydrogens (primary N) is 2. The monoisotopic (exact) mass is 225 g/mol. The summed E-state index contributed by atoms with van der Waals surface area (Å²) in [5.41, 5.74) is 14.1. The second-order valence-corrected chi connectivity index (χ2v) is 4.21. The van der Waals surface area contributed by atoms with E-state index in [1.165, 1.54) is 10.8 Å². The predicted molar refractivity (Wildman–Crippen MR) is 71.7 cm³/mol. The molecule has 2 aromatic carbocycles. The summed E-state index contributed by atoms with van der Waals surface area (Å²) in [6.45, 7) is 0.433. The zero-order chi connectivity index (χ0) is 11.8. The quantitative estimate of drug-likeness (QED) is 0.702. The molecule has 1 atom stereocenters. The number of fused-ring (bicyclic) bond motifs is 3. The lowest BCUT2D eigenvalue weighted by molar-refractivity contribution is 0.564. The second-order valence-electron chi connectivity index (χ2n) is 4.21. The Labute approximate surface area is 99.6 Å². The lowest BCUT2D eigenvalue weighted by Gasteiger charge is -2.14. The molecule has 17 heavy (non-hydrogen) atoms. The standard InChI is InChI=1S/C14H15N3/c15-9-14(16)17-12-7-3-1-5-10(12)11-6-2-4-8-13(11)17/h1-8,14H,9,15-16H2. The highest BCUT2D eigenvalue weighted by molar-refractivity contribution is 6.08. The maximum absolute atomic E-state index is 6.11. The van der Waals surface area contributed by atoms with Crippen LogP contribution in [0.1, 0.15) is 6.17 Å². The van der Waals surface area contributed by atoms with Gasteiger partial charge in [-0.2, -0.15) is 0 Å². The topological polar surface area (TPSA) is 57.0 Å². The minimum atomic E-state index is -0.181. The van der Waals surface area contributed by atoms with Gasteiger partial charge in [0.25, 0.3) is 0 Å². The Morgan fingerprint density at radius 1 is 0.882 bits per heavy atom. The summed E-state index contributed by atoms with van der Waals surface area (Å²) >= 11 is 0. The van der Waals surface area contributed by atoms with Crippen molar-refractivity contribution in [3.63, 3.8) is 0 Å². The Kier molecular flexibility index (Phi) is 2.35. The van der Waals surface area contributed by atoms with Gasteiger partial charge in [0.15, 0.2) is 0 Å². The first-order valence-corrected chi connectivity index (χ1v) is 5.76. The first-order valence-electron chi connectivity index (χ1n) is 5.76. The van der Waals surface area contributed by atoms with Gasteiger partial charge in [-0.1, -0.05) is 36.4 Å². The third-order valence-electron chi connectivity index (χ3n) is 3.19. The molecule has 3 heteroatoms. The molecule has 0 bridgehead atoms. The van der Waals surface area contributed by atoms with Crippen LogP contribution in [0.25, 0.3) is 21.8 Å². The maximum atomic E-state index is 6.11. The molecule has 1 aromatic heterocycles. The number of hydrogen-bond donors (Lipinski definition) is 2. The van der Waals surface area contributed by atoms with Gasteiger partial charge in [0.1, 0.15) is 0 Å². The van der Waals surface area contributed by atoms with Crippen LogP contribution in [0.4, 0.5) is 0 Å². The summed E-state index contributed by atoms with van der Waals surface area (Å²) < 4.78 is 2.12. The van der Waals surface area contributed by atoms with Crippen molar-refractivity contribution in [3.8, 4) is 0 Å². The van der Waals surface area contributed by atoms with E-state index in [4.69, 9.17) is 11.5 Å². The predicted octanol–water partition coefficient (Wildman–Crippen LogP) is 2.21. The molecular weight excluding hydrogens is 210 g/mol. The van der Waals surface area contributed by atoms with Crippen molar-refractivity contribution in [2.24, 2.45) is 11.5 Å². The van der Waals surface area contributed by atoms with Crippen LogP contribution >= 0.6 is 0 Å². The Morgan fingerprint density at radius 3 is 1.82 bits per heavy atom. The van der Waals surface area contributed by atoms with Crippen LogP contribution in [0, 0.1) is 0 Å². The number of nitrogens with zero attached hydrogens (tertiary/aromatic N) is 1. The number of aromatic nitrogens is 1. The molecule has 3 nitrogen and oxygen atoms in total. The Morgan fingerprint density at radius 2 is 1.35 bits per heavy atom. The van der Waals surface area contributed by atoms with Crippen LogP contribution in [0.3, 0.4) is 0 Å². The van der Waals surface area contributed by atoms with Crippen LogP contribution in [-0.2, 0) is 0 Å². The summed E-state index contributed by atoms with van der Waals surface area (Å²) in [6.07, 6.45) is -0.181. The van der Waals surface area contributed by atoms with Crippen LogP contribution in [0.15, 0.2) is 48.5 Å². The molecule has 0 radical (unpaired) electrons. The van der Waals surface area contributed by atoms with Crippen molar-refractivity contribution < 1.29 is 0 Å². The molecule has 4 N–H and O–H groups in total. The molecule has 0 aliphatic heterocycles. The van der Waals surface area contributed by atoms with Gasteiger partial charge in [0, 0.05) is 17.3 Å². The fraction of sp³-hybridized carbons (Fsp3) is 0.143. The first-order chi connectivity index (χ1) is 8.33. The van der Waals surface area contributed by atoms with Gasteiger partial charge in [-0.25, -0.2) is 0 Å². The van der Waals surface area contributed by atoms with Crippen LogP contribution in [-0.4, -0.2) is 11.1 Å². The molecule has 86 valence electrons. The SMILES string of the molecule is NCC(N)n1c2ccccc2c2ccccc21. The Hall–Kier alpha value is -1.84. The maximum Gasteiger partial charge on any atom is 0.0944 e. The van der Waals surface area contributed by atoms with Crippen molar-refractivity contribution in [1.82, 2.24) is 4.57 Å². The minimum absolute atomic E-state index is 0.181. The molecule has 3 rings (SSSR count). The van der Waals surface area contributed by atoms with E-state index in [0.29, 0.717) is 6.54 Å². The minimum Gasteiger partial charge on any atom is -0.327 e. The smallest absolute Gasteiger partial charge is 0.0944 e. The molecule has 0 saturated carbocycles. The average Bonchev–Trinajstić information content (AvgIpc) is 2.72. The van der Waals surface area contributed by atoms with Crippen molar-refractivity contribution in [1.29, 1.82) is 0 Å². The van der Waals surface area contributed by atoms with E-state index in [2.05, 4.69) is 28.8 Å². The van der Waals surface area contributed by atoms with Gasteiger partial charge in [-0.15, -0.1) is 0 Å². The van der Waals surface area contributed by atoms with Crippen molar-refractivity contribution >= 4 is 21.8 Å². The van der Waals surface area contributed by atoms with Gasteiger partial charge in [0.05, 0.1) is 17.2 Å². The van der Waals surface area contributed by atoms with Crippen molar-refractivity contribution in [2.75, 3.05) is 6.54 Å². The molecule has 0 saturated heterocycles. The van der Waals surface area contributed by atoms with E-state index >= 15 is 0 Å². The summed E-state index contributed by atoms with van der Waals surface area (Å²) in [4.78, 5) is 0. The van der Waals surface area contributed by atoms with Gasteiger partial charge >= 0.3 is 0 Å². The third-order valence-corrected chi connectivity index (χ3v) is 3.19. The molecule has 3 aromatic rings. The molecule has 0 fully saturated rings. The largest absolute Gasteiger partial charge is 0.327 e. The van der Waals surface area contributed by atoms with E-state index in [-0.39, 0.29) is 6.17 Å². The third kappa shape index (κ3) is 1.44. The number of para-hydroxylation sites is 2. The highest BCUT2D eigenvalue weighted by Gasteiger charge is 2.13. The lowest BCUT2D eigenvalue weighted by atomic mass is 10.2. The van der Waals surface area contributed by atoms with Crippen LogP contribution < -0.4 is 11.5 Å². The fourth-order valence-electron chi connectivity index (χ4n) is 2.42. The molecule has 0 spiro atoms. The zero-order valence-corrected chi connectivity index (χ0v) is 9.51. The van der Waals surface area contributed by atoms with E-state index in [1.807, 2.05) is 24.3 Å². The van der Waals surface area contributed by atoms with E-state index in [9.17, 15) is 0 Å². The summed E-state index contributed by atoms with van der Waals surface area (Å²) in [5.74, 6) is 0. The van der Waals surface area contributed by atoms with E-state index in [1.54, 1.807) is 0 Å². The van der Waals surface area contributed by atoms with Gasteiger partial charge in [0.2, 0.25) is 0 Å². The normalized spacial score (nSPS) is 13.3. The van der Waals surface area contributed by atoms with Crippen LogP contribution in [0.5, 0.6) is 0 Å². The van der Waals surface area contributed by atoms with Crippen LogP contribution in [0.2, 0.25) is 0 Å². The van der Waals surface area contributed by atoms with E-state index < -0.39 is 0 Å². The van der Waals surface area contributed by atoms with Gasteiger partial charge < -0.3 is 16.0 Å². The Bertz CT molecular complexity index is 616. The highest BCUT2D eigenvalue weighted by Crippen LogP contribution is 2.29. The van der Waals surface area contributed by atoms with E-state index in [0.717, 1.165) is 11.0 Å². The molecule has 1 heterocycles. The molecular formula is C14H15N3. The molecule has 0 aliphatic carbocycles. The summed E-state index contributed by atoms with van der Waals surface area (Å²) in [6, 6.07) is 16.6. The van der Waals surface area contributed by atoms with Crippen molar-refractivity contribution in [3.05, 3.63) is 48.5 Å². The lowest BCUT2D eigenvalue weighted by Crippen LogP contribution is -2.26. The number of benzene rings is 2. The second kappa shape index (κ2) is 3.87. The average molecular weight is 225 g/mol. The fourth-order valence-corrected chi connectivity index (χ4v) is 2.42. The Balaban J connectivity index is 2.50. The van der Waals surface area contributed by atoms with Gasteiger partial charge in [-0.05, 0) is 12.1 Å². The zero-order valence-electron chi connectivity index (χ0n) is 9.51. The molecule has 0 aliphatic rings. The summed E-state index contributed by atoms with van der Waals surface area (Å²) in [5, 5.41) is 2.46. The van der Waals surface area contributed by atoms with Gasteiger partial charge in [-0.3, -0.25) is 0 Å². The first kappa shape index (κ1) is 10.3. The summed E-state index contributed by atoms with van der Waals surface area (Å²) in [7, 11) is 0. The molecule has 1 unspecified atom stereocenters.